The van der Waals surface area contributed by atoms with Crippen molar-refractivity contribution in [3.63, 3.8) is 0 Å². The summed E-state index contributed by atoms with van der Waals surface area (Å²) in [5, 5.41) is 9.15. The van der Waals surface area contributed by atoms with Crippen molar-refractivity contribution in [2.45, 2.75) is 72.6 Å². The molecule has 0 saturated heterocycles. The van der Waals surface area contributed by atoms with Crippen LogP contribution >= 0.6 is 0 Å². The van der Waals surface area contributed by atoms with E-state index in [0.717, 1.165) is 37.2 Å². The SMILES string of the molecule is C=C1C(=O)C2CCC([C@]3(C)C[C@@H]3CCCO)C(C)(C)C2C[C@@H]1CC. The first-order chi connectivity index (χ1) is 11.3. The van der Waals surface area contributed by atoms with Gasteiger partial charge in [0, 0.05) is 12.5 Å². The Bertz CT molecular complexity index is 520. The lowest BCUT2D eigenvalue weighted by Gasteiger charge is -2.54. The third-order valence-electron chi connectivity index (χ3n) is 8.25. The van der Waals surface area contributed by atoms with Crippen LogP contribution in [0.15, 0.2) is 12.2 Å². The summed E-state index contributed by atoms with van der Waals surface area (Å²) in [5.74, 6) is 3.02. The van der Waals surface area contributed by atoms with Crippen molar-refractivity contribution in [2.24, 2.45) is 40.4 Å². The van der Waals surface area contributed by atoms with Crippen LogP contribution in [0, 0.1) is 40.4 Å². The molecule has 0 heterocycles. The molecule has 0 aromatic rings. The number of aliphatic hydroxyl groups is 1. The number of hydrogen-bond donors (Lipinski definition) is 1. The van der Waals surface area contributed by atoms with E-state index < -0.39 is 0 Å². The third-order valence-corrected chi connectivity index (χ3v) is 8.25. The molecule has 24 heavy (non-hydrogen) atoms. The van der Waals surface area contributed by atoms with Crippen LogP contribution < -0.4 is 0 Å². The molecular weight excluding hydrogens is 296 g/mol. The molecule has 3 saturated carbocycles. The first-order valence-electron chi connectivity index (χ1n) is 10.1. The lowest BCUT2D eigenvalue weighted by Crippen LogP contribution is -2.50. The number of rotatable bonds is 5. The fraction of sp³-hybridized carbons (Fsp3) is 0.864. The van der Waals surface area contributed by atoms with Crippen LogP contribution in [0.4, 0.5) is 0 Å². The second-order valence-corrected chi connectivity index (χ2v) is 9.67. The molecule has 3 aliphatic rings. The van der Waals surface area contributed by atoms with Crippen molar-refractivity contribution in [2.75, 3.05) is 6.61 Å². The summed E-state index contributed by atoms with van der Waals surface area (Å²) >= 11 is 0. The van der Waals surface area contributed by atoms with Crippen LogP contribution in [0.2, 0.25) is 0 Å². The number of aliphatic hydroxyl groups excluding tert-OH is 1. The van der Waals surface area contributed by atoms with E-state index in [0.29, 0.717) is 35.6 Å². The first kappa shape index (κ1) is 18.2. The highest BCUT2D eigenvalue weighted by Crippen LogP contribution is 2.69. The highest BCUT2D eigenvalue weighted by atomic mass is 16.2. The Hall–Kier alpha value is -0.630. The van der Waals surface area contributed by atoms with E-state index in [-0.39, 0.29) is 11.3 Å². The van der Waals surface area contributed by atoms with E-state index in [1.807, 2.05) is 0 Å². The van der Waals surface area contributed by atoms with Gasteiger partial charge in [0.1, 0.15) is 0 Å². The Kier molecular flexibility index (Phi) is 4.75. The molecule has 0 radical (unpaired) electrons. The van der Waals surface area contributed by atoms with Gasteiger partial charge < -0.3 is 5.11 Å². The van der Waals surface area contributed by atoms with Crippen molar-refractivity contribution < 1.29 is 9.90 Å². The van der Waals surface area contributed by atoms with Gasteiger partial charge in [-0.25, -0.2) is 0 Å². The van der Waals surface area contributed by atoms with Crippen LogP contribution in [-0.4, -0.2) is 17.5 Å². The molecule has 0 aliphatic heterocycles. The molecular formula is C22H36O2. The van der Waals surface area contributed by atoms with Crippen LogP contribution in [0.3, 0.4) is 0 Å². The van der Waals surface area contributed by atoms with Gasteiger partial charge >= 0.3 is 0 Å². The molecule has 6 atom stereocenters. The lowest BCUT2D eigenvalue weighted by molar-refractivity contribution is -0.133. The lowest BCUT2D eigenvalue weighted by atomic mass is 9.49. The van der Waals surface area contributed by atoms with Crippen molar-refractivity contribution >= 4 is 5.78 Å². The highest BCUT2D eigenvalue weighted by Gasteiger charge is 2.62. The summed E-state index contributed by atoms with van der Waals surface area (Å²) < 4.78 is 0. The van der Waals surface area contributed by atoms with Gasteiger partial charge in [-0.15, -0.1) is 0 Å². The van der Waals surface area contributed by atoms with Gasteiger partial charge in [-0.1, -0.05) is 34.3 Å². The average Bonchev–Trinajstić information content (AvgIpc) is 3.19. The Labute approximate surface area is 148 Å². The van der Waals surface area contributed by atoms with E-state index in [1.54, 1.807) is 0 Å². The van der Waals surface area contributed by atoms with Gasteiger partial charge in [0.2, 0.25) is 0 Å². The van der Waals surface area contributed by atoms with E-state index in [4.69, 9.17) is 5.11 Å². The number of hydrogen-bond acceptors (Lipinski definition) is 2. The van der Waals surface area contributed by atoms with Crippen molar-refractivity contribution in [1.82, 2.24) is 0 Å². The zero-order valence-electron chi connectivity index (χ0n) is 16.1. The summed E-state index contributed by atoms with van der Waals surface area (Å²) in [5.41, 5.74) is 1.57. The summed E-state index contributed by atoms with van der Waals surface area (Å²) in [7, 11) is 0. The van der Waals surface area contributed by atoms with E-state index in [1.165, 1.54) is 19.3 Å². The second-order valence-electron chi connectivity index (χ2n) is 9.67. The largest absolute Gasteiger partial charge is 0.396 e. The normalized spacial score (nSPS) is 44.3. The summed E-state index contributed by atoms with van der Waals surface area (Å²) in [6.07, 6.45) is 7.88. The monoisotopic (exact) mass is 332 g/mol. The molecule has 1 N–H and O–H groups in total. The molecule has 0 aromatic carbocycles. The smallest absolute Gasteiger partial charge is 0.161 e. The second kappa shape index (κ2) is 6.27. The Balaban J connectivity index is 1.80. The first-order valence-corrected chi connectivity index (χ1v) is 10.1. The molecule has 2 nitrogen and oxygen atoms in total. The molecule has 0 bridgehead atoms. The van der Waals surface area contributed by atoms with E-state index in [2.05, 4.69) is 34.3 Å². The van der Waals surface area contributed by atoms with Gasteiger partial charge in [0.25, 0.3) is 0 Å². The van der Waals surface area contributed by atoms with Gasteiger partial charge in [0.05, 0.1) is 0 Å². The molecule has 3 rings (SSSR count). The molecule has 3 unspecified atom stereocenters. The Morgan fingerprint density at radius 2 is 1.96 bits per heavy atom. The van der Waals surface area contributed by atoms with E-state index >= 15 is 0 Å². The predicted molar refractivity (Wildman–Crippen MR) is 98.6 cm³/mol. The standard InChI is InChI=1S/C22H36O2/c1-6-15-12-18-17(20(24)14(15)2)9-10-19(21(18,3)4)22(5)13-16(22)8-7-11-23/h15-19,23H,2,6-13H2,1,3-5H3/t15-,16-,17?,18?,19?,22+/m0/s1. The fourth-order valence-corrected chi connectivity index (χ4v) is 6.63. The minimum Gasteiger partial charge on any atom is -0.396 e. The number of ketones is 1. The summed E-state index contributed by atoms with van der Waals surface area (Å²) in [4.78, 5) is 12.9. The zero-order chi connectivity index (χ0) is 17.7. The molecule has 0 spiro atoms. The minimum absolute atomic E-state index is 0.227. The van der Waals surface area contributed by atoms with Crippen LogP contribution in [0.25, 0.3) is 0 Å². The highest BCUT2D eigenvalue weighted by molar-refractivity contribution is 5.98. The predicted octanol–water partition coefficient (Wildman–Crippen LogP) is 5.01. The van der Waals surface area contributed by atoms with Gasteiger partial charge in [0.15, 0.2) is 5.78 Å². The number of fused-ring (bicyclic) bond motifs is 1. The van der Waals surface area contributed by atoms with Crippen molar-refractivity contribution in [3.8, 4) is 0 Å². The molecule has 3 aliphatic carbocycles. The summed E-state index contributed by atoms with van der Waals surface area (Å²) in [6, 6.07) is 0. The number of Topliss-reactive ketones (excluding diaryl/α,β-unsaturated/α-hetero) is 1. The third kappa shape index (κ3) is 2.69. The zero-order valence-corrected chi connectivity index (χ0v) is 16.1. The molecule has 0 amide bonds. The fourth-order valence-electron chi connectivity index (χ4n) is 6.63. The molecule has 2 heteroatoms. The van der Waals surface area contributed by atoms with Gasteiger partial charge in [-0.2, -0.15) is 0 Å². The average molecular weight is 333 g/mol. The van der Waals surface area contributed by atoms with Crippen LogP contribution in [0.5, 0.6) is 0 Å². The van der Waals surface area contributed by atoms with Crippen molar-refractivity contribution in [3.05, 3.63) is 12.2 Å². The Morgan fingerprint density at radius 1 is 1.25 bits per heavy atom. The maximum atomic E-state index is 12.9. The topological polar surface area (TPSA) is 37.3 Å². The number of allylic oxidation sites excluding steroid dienone is 1. The van der Waals surface area contributed by atoms with Gasteiger partial charge in [-0.05, 0) is 85.0 Å². The van der Waals surface area contributed by atoms with Gasteiger partial charge in [-0.3, -0.25) is 4.79 Å². The van der Waals surface area contributed by atoms with Crippen LogP contribution in [-0.2, 0) is 4.79 Å². The quantitative estimate of drug-likeness (QED) is 0.719. The van der Waals surface area contributed by atoms with Crippen LogP contribution in [0.1, 0.15) is 72.6 Å². The maximum absolute atomic E-state index is 12.9. The Morgan fingerprint density at radius 3 is 2.58 bits per heavy atom. The number of carbonyl (C=O) groups is 1. The molecule has 136 valence electrons. The summed E-state index contributed by atoms with van der Waals surface area (Å²) in [6.45, 7) is 14.0. The number of carbonyl (C=O) groups excluding carboxylic acids is 1. The molecule has 3 fully saturated rings. The maximum Gasteiger partial charge on any atom is 0.161 e. The van der Waals surface area contributed by atoms with E-state index in [9.17, 15) is 4.79 Å². The minimum atomic E-state index is 0.227. The van der Waals surface area contributed by atoms with Crippen molar-refractivity contribution in [1.29, 1.82) is 0 Å². The molecule has 0 aromatic heterocycles.